The number of nitrogens with one attached hydrogen (secondary N) is 2. The summed E-state index contributed by atoms with van der Waals surface area (Å²) < 4.78 is 24.1. The Balaban J connectivity index is 1.43. The van der Waals surface area contributed by atoms with Gasteiger partial charge in [-0.2, -0.15) is 0 Å². The first-order valence-electron chi connectivity index (χ1n) is 12.8. The summed E-state index contributed by atoms with van der Waals surface area (Å²) in [6.07, 6.45) is 5.17. The monoisotopic (exact) mass is 551 g/mol. The summed E-state index contributed by atoms with van der Waals surface area (Å²) in [5.74, 6) is -0.269. The Hall–Kier alpha value is -4.56. The van der Waals surface area contributed by atoms with Crippen molar-refractivity contribution in [2.45, 2.75) is 25.0 Å². The third-order valence-corrected chi connectivity index (χ3v) is 9.31. The summed E-state index contributed by atoms with van der Waals surface area (Å²) in [5, 5.41) is 3.76. The molecule has 0 aliphatic heterocycles. The lowest BCUT2D eigenvalue weighted by Crippen LogP contribution is -2.28. The van der Waals surface area contributed by atoms with E-state index in [2.05, 4.69) is 15.3 Å². The highest BCUT2D eigenvalue weighted by Crippen LogP contribution is 2.36. The minimum Gasteiger partial charge on any atom is -0.329 e. The Kier molecular flexibility index (Phi) is 7.12. The summed E-state index contributed by atoms with van der Waals surface area (Å²) in [5.41, 5.74) is 5.78. The number of pyridine rings is 2. The Morgan fingerprint density at radius 3 is 2.42 bits per heavy atom. The summed E-state index contributed by atoms with van der Waals surface area (Å²) in [6.45, 7) is 3.39. The minimum atomic E-state index is -3.40. The topological polar surface area (TPSA) is 109 Å². The van der Waals surface area contributed by atoms with Crippen LogP contribution in [0.5, 0.6) is 0 Å². The van der Waals surface area contributed by atoms with E-state index >= 15 is 0 Å². The molecule has 202 valence electrons. The van der Waals surface area contributed by atoms with Crippen LogP contribution in [0.2, 0.25) is 0 Å². The first kappa shape index (κ1) is 27.0. The molecular formula is C32H29N3O4S. The number of sulfone groups is 1. The molecule has 0 bridgehead atoms. The number of anilines is 1. The highest BCUT2D eigenvalue weighted by Gasteiger charge is 2.33. The number of aromatic nitrogens is 2. The van der Waals surface area contributed by atoms with E-state index < -0.39 is 14.6 Å². The molecule has 2 N–H and O–H groups in total. The van der Waals surface area contributed by atoms with E-state index in [0.29, 0.717) is 23.2 Å². The van der Waals surface area contributed by atoms with Crippen LogP contribution in [0.15, 0.2) is 102 Å². The maximum Gasteiger partial charge on any atom is 0.255 e. The number of nitrogens with zero attached hydrogens (tertiary/aromatic N) is 1. The molecule has 5 aromatic rings. The van der Waals surface area contributed by atoms with E-state index in [-0.39, 0.29) is 11.5 Å². The van der Waals surface area contributed by atoms with Crippen LogP contribution in [0.4, 0.5) is 5.69 Å². The molecule has 8 heteroatoms. The normalized spacial score (nSPS) is 11.9. The van der Waals surface area contributed by atoms with Gasteiger partial charge >= 0.3 is 0 Å². The highest BCUT2D eigenvalue weighted by atomic mass is 32.2. The Bertz CT molecular complexity index is 1890. The number of benzene rings is 3. The fraction of sp³-hybridized carbons (Fsp3) is 0.156. The average Bonchev–Trinajstić information content (AvgIpc) is 2.93. The van der Waals surface area contributed by atoms with Crippen molar-refractivity contribution in [1.29, 1.82) is 0 Å². The average molecular weight is 552 g/mol. The molecule has 0 saturated carbocycles. The zero-order chi connectivity index (χ0) is 28.5. The van der Waals surface area contributed by atoms with Crippen molar-refractivity contribution in [2.24, 2.45) is 0 Å². The largest absolute Gasteiger partial charge is 0.329 e. The summed E-state index contributed by atoms with van der Waals surface area (Å²) in [7, 11) is -3.40. The maximum atomic E-state index is 13.2. The van der Waals surface area contributed by atoms with Crippen LogP contribution < -0.4 is 10.9 Å². The number of hydrogen-bond donors (Lipinski definition) is 2. The van der Waals surface area contributed by atoms with Gasteiger partial charge in [0.1, 0.15) is 0 Å². The first-order chi connectivity index (χ1) is 19.0. The number of hydrogen-bond acceptors (Lipinski definition) is 5. The van der Waals surface area contributed by atoms with Crippen LogP contribution in [0.3, 0.4) is 0 Å². The summed E-state index contributed by atoms with van der Waals surface area (Å²) in [6, 6.07) is 25.6. The molecule has 0 saturated heterocycles. The lowest BCUT2D eigenvalue weighted by molar-refractivity contribution is 0.102. The molecule has 0 unspecified atom stereocenters. The Morgan fingerprint density at radius 2 is 1.70 bits per heavy atom. The van der Waals surface area contributed by atoms with E-state index in [4.69, 9.17) is 0 Å². The van der Waals surface area contributed by atoms with Gasteiger partial charge in [0, 0.05) is 46.9 Å². The van der Waals surface area contributed by atoms with Gasteiger partial charge in [-0.3, -0.25) is 14.6 Å². The van der Waals surface area contributed by atoms with E-state index in [9.17, 15) is 18.0 Å². The number of fused-ring (bicyclic) bond motifs is 1. The van der Waals surface area contributed by atoms with Crippen molar-refractivity contribution >= 4 is 32.3 Å². The molecule has 5 rings (SSSR count). The van der Waals surface area contributed by atoms with Crippen molar-refractivity contribution in [2.75, 3.05) is 11.6 Å². The van der Waals surface area contributed by atoms with Crippen molar-refractivity contribution < 1.29 is 13.2 Å². The van der Waals surface area contributed by atoms with Gasteiger partial charge in [-0.05, 0) is 91.1 Å². The van der Waals surface area contributed by atoms with Gasteiger partial charge in [0.25, 0.3) is 5.91 Å². The van der Waals surface area contributed by atoms with Gasteiger partial charge in [-0.1, -0.05) is 30.3 Å². The fourth-order valence-corrected chi connectivity index (χ4v) is 5.09. The van der Waals surface area contributed by atoms with Gasteiger partial charge in [0.2, 0.25) is 5.56 Å². The Morgan fingerprint density at radius 1 is 0.925 bits per heavy atom. The minimum absolute atomic E-state index is 0.141. The van der Waals surface area contributed by atoms with Crippen LogP contribution in [-0.2, 0) is 21.0 Å². The molecule has 0 fully saturated rings. The first-order valence-corrected chi connectivity index (χ1v) is 14.7. The lowest BCUT2D eigenvalue weighted by atomic mass is 9.93. The lowest BCUT2D eigenvalue weighted by Gasteiger charge is -2.24. The molecule has 2 aromatic heterocycles. The number of aromatic amines is 1. The standard InChI is InChI=1S/C32H29N3O4S/c1-32(2,40(3,38)39)26-19-24-8-5-14-34-30(24)28(20-26)23-6-4-7-25(18-23)31(37)35-27-11-9-21(10-12-27)16-22-13-15-33-29(36)17-22/h4-15,17-20H,16H2,1-3H3,(H,33,36)(H,35,37). The third kappa shape index (κ3) is 5.58. The van der Waals surface area contributed by atoms with Crippen LogP contribution >= 0.6 is 0 Å². The second-order valence-corrected chi connectivity index (χ2v) is 12.9. The van der Waals surface area contributed by atoms with Crippen LogP contribution in [0, 0.1) is 0 Å². The van der Waals surface area contributed by atoms with Crippen LogP contribution in [0.1, 0.15) is 40.9 Å². The van der Waals surface area contributed by atoms with Gasteiger partial charge in [0.15, 0.2) is 9.84 Å². The summed E-state index contributed by atoms with van der Waals surface area (Å²) in [4.78, 5) is 31.9. The number of carbonyl (C=O) groups excluding carboxylic acids is 1. The van der Waals surface area contributed by atoms with Crippen molar-refractivity contribution in [3.63, 3.8) is 0 Å². The highest BCUT2D eigenvalue weighted by molar-refractivity contribution is 7.91. The van der Waals surface area contributed by atoms with Gasteiger partial charge in [-0.15, -0.1) is 0 Å². The Labute approximate surface area is 232 Å². The van der Waals surface area contributed by atoms with E-state index in [1.807, 2.05) is 60.7 Å². The van der Waals surface area contributed by atoms with Crippen LogP contribution in [-0.4, -0.2) is 30.5 Å². The molecule has 0 aliphatic rings. The van der Waals surface area contributed by atoms with Gasteiger partial charge in [0.05, 0.1) is 10.3 Å². The number of rotatable bonds is 7. The fourth-order valence-electron chi connectivity index (χ4n) is 4.55. The van der Waals surface area contributed by atoms with Crippen LogP contribution in [0.25, 0.3) is 22.0 Å². The predicted octanol–water partition coefficient (Wildman–Crippen LogP) is 5.71. The van der Waals surface area contributed by atoms with Gasteiger partial charge in [-0.25, -0.2) is 8.42 Å². The molecule has 0 radical (unpaired) electrons. The second-order valence-electron chi connectivity index (χ2n) is 10.4. The van der Waals surface area contributed by atoms with E-state index in [0.717, 1.165) is 33.2 Å². The van der Waals surface area contributed by atoms with Gasteiger partial charge < -0.3 is 10.3 Å². The molecular weight excluding hydrogens is 522 g/mol. The SMILES string of the molecule is CC(C)(c1cc(-c2cccc(C(=O)Nc3ccc(Cc4cc[nH]c(=O)c4)cc3)c2)c2ncccc2c1)S(C)(=O)=O. The zero-order valence-corrected chi connectivity index (χ0v) is 23.2. The number of carbonyl (C=O) groups is 1. The summed E-state index contributed by atoms with van der Waals surface area (Å²) >= 11 is 0. The van der Waals surface area contributed by atoms with Crippen molar-refractivity contribution in [3.05, 3.63) is 130 Å². The molecule has 0 spiro atoms. The predicted molar refractivity (Wildman–Crippen MR) is 159 cm³/mol. The third-order valence-electron chi connectivity index (χ3n) is 7.22. The number of H-pyrrole nitrogens is 1. The van der Waals surface area contributed by atoms with E-state index in [1.54, 1.807) is 50.5 Å². The second kappa shape index (κ2) is 10.5. The molecule has 0 aliphatic carbocycles. The smallest absolute Gasteiger partial charge is 0.255 e. The van der Waals surface area contributed by atoms with E-state index in [1.165, 1.54) is 6.26 Å². The van der Waals surface area contributed by atoms with Crippen molar-refractivity contribution in [3.8, 4) is 11.1 Å². The zero-order valence-electron chi connectivity index (χ0n) is 22.4. The molecule has 1 amide bonds. The number of amides is 1. The molecule has 2 heterocycles. The van der Waals surface area contributed by atoms with Crippen molar-refractivity contribution in [1.82, 2.24) is 9.97 Å². The molecule has 40 heavy (non-hydrogen) atoms. The molecule has 0 atom stereocenters. The maximum absolute atomic E-state index is 13.2. The quantitative estimate of drug-likeness (QED) is 0.269. The molecule has 7 nitrogen and oxygen atoms in total. The molecule has 3 aromatic carbocycles.